The van der Waals surface area contributed by atoms with Crippen LogP contribution in [0.5, 0.6) is 0 Å². The minimum atomic E-state index is -0.198. The molecule has 2 aliphatic heterocycles. The average molecular weight is 477 g/mol. The molecule has 184 valence electrons. The van der Waals surface area contributed by atoms with Crippen LogP contribution in [0.3, 0.4) is 0 Å². The van der Waals surface area contributed by atoms with E-state index in [0.29, 0.717) is 6.54 Å². The number of amides is 1. The molecule has 6 nitrogen and oxygen atoms in total. The monoisotopic (exact) mass is 476 g/mol. The van der Waals surface area contributed by atoms with Crippen molar-refractivity contribution in [1.29, 1.82) is 0 Å². The Bertz CT molecular complexity index is 1120. The van der Waals surface area contributed by atoms with Gasteiger partial charge >= 0.3 is 0 Å². The molecule has 0 bridgehead atoms. The van der Waals surface area contributed by atoms with Crippen LogP contribution < -0.4 is 4.90 Å². The third kappa shape index (κ3) is 5.11. The van der Waals surface area contributed by atoms with Gasteiger partial charge in [-0.25, -0.2) is 4.39 Å². The van der Waals surface area contributed by atoms with Crippen molar-refractivity contribution in [3.8, 4) is 5.69 Å². The highest BCUT2D eigenvalue weighted by molar-refractivity contribution is 5.96. The fraction of sp³-hybridized carbons (Fsp3) is 0.393. The minimum Gasteiger partial charge on any atom is -0.375 e. The lowest BCUT2D eigenvalue weighted by atomic mass is 10.1. The molecular weight excluding hydrogens is 443 g/mol. The van der Waals surface area contributed by atoms with Crippen molar-refractivity contribution in [3.05, 3.63) is 83.9 Å². The van der Waals surface area contributed by atoms with Gasteiger partial charge < -0.3 is 19.1 Å². The van der Waals surface area contributed by atoms with Gasteiger partial charge in [0.05, 0.1) is 17.4 Å². The highest BCUT2D eigenvalue weighted by Crippen LogP contribution is 2.32. The molecule has 1 saturated heterocycles. The molecule has 3 aromatic rings. The molecule has 1 amide bonds. The zero-order valence-corrected chi connectivity index (χ0v) is 20.3. The second-order valence-corrected chi connectivity index (χ2v) is 9.28. The zero-order chi connectivity index (χ0) is 24.2. The lowest BCUT2D eigenvalue weighted by molar-refractivity contribution is 0.0690. The van der Waals surface area contributed by atoms with Crippen LogP contribution in [-0.2, 0) is 4.74 Å². The van der Waals surface area contributed by atoms with Gasteiger partial charge in [-0.05, 0) is 61.9 Å². The van der Waals surface area contributed by atoms with E-state index in [-0.39, 0.29) is 17.8 Å². The van der Waals surface area contributed by atoms with E-state index in [9.17, 15) is 9.18 Å². The summed E-state index contributed by atoms with van der Waals surface area (Å²) in [7, 11) is 1.72. The number of methoxy groups -OCH3 is 1. The minimum absolute atomic E-state index is 0.0929. The van der Waals surface area contributed by atoms with Gasteiger partial charge in [-0.1, -0.05) is 18.2 Å². The van der Waals surface area contributed by atoms with Gasteiger partial charge in [-0.2, -0.15) is 0 Å². The molecule has 7 heteroatoms. The van der Waals surface area contributed by atoms with E-state index in [1.165, 1.54) is 12.1 Å². The Labute approximate surface area is 206 Å². The van der Waals surface area contributed by atoms with E-state index in [2.05, 4.69) is 26.5 Å². The van der Waals surface area contributed by atoms with Crippen LogP contribution in [0.15, 0.2) is 66.9 Å². The van der Waals surface area contributed by atoms with Crippen LogP contribution in [0.2, 0.25) is 0 Å². The van der Waals surface area contributed by atoms with Gasteiger partial charge in [0.25, 0.3) is 5.91 Å². The Balaban J connectivity index is 1.18. The molecule has 0 N–H and O–H groups in total. The number of benzene rings is 2. The van der Waals surface area contributed by atoms with Crippen LogP contribution >= 0.6 is 0 Å². The molecule has 5 rings (SSSR count). The number of aromatic nitrogens is 1. The van der Waals surface area contributed by atoms with E-state index in [0.717, 1.165) is 74.7 Å². The normalized spacial score (nSPS) is 19.0. The fourth-order valence-corrected chi connectivity index (χ4v) is 5.26. The fourth-order valence-electron chi connectivity index (χ4n) is 5.26. The van der Waals surface area contributed by atoms with Crippen molar-refractivity contribution in [3.63, 3.8) is 0 Å². The SMILES string of the molecule is COC1CCN(CCCN2CCN(c3ccc(F)cc3)CC2)C(=O)c2ccn(-c3ccccc3)c21. The molecular formula is C28H33FN4O2. The number of piperazine rings is 1. The molecule has 1 fully saturated rings. The summed E-state index contributed by atoms with van der Waals surface area (Å²) in [5.74, 6) is -0.105. The molecule has 1 atom stereocenters. The summed E-state index contributed by atoms with van der Waals surface area (Å²) in [5.41, 5.74) is 3.80. The first-order valence-electron chi connectivity index (χ1n) is 12.5. The van der Waals surface area contributed by atoms with Crippen LogP contribution in [0.4, 0.5) is 10.1 Å². The van der Waals surface area contributed by atoms with Crippen molar-refractivity contribution >= 4 is 11.6 Å². The number of ether oxygens (including phenoxy) is 1. The summed E-state index contributed by atoms with van der Waals surface area (Å²) in [5, 5.41) is 0. The maximum Gasteiger partial charge on any atom is 0.255 e. The topological polar surface area (TPSA) is 41.0 Å². The summed E-state index contributed by atoms with van der Waals surface area (Å²) in [6.07, 6.45) is 3.58. The quantitative estimate of drug-likeness (QED) is 0.508. The Hall–Kier alpha value is -3.16. The number of fused-ring (bicyclic) bond motifs is 1. The van der Waals surface area contributed by atoms with Gasteiger partial charge in [0.15, 0.2) is 0 Å². The number of nitrogens with zero attached hydrogens (tertiary/aromatic N) is 4. The summed E-state index contributed by atoms with van der Waals surface area (Å²) in [6.45, 7) is 6.21. The van der Waals surface area contributed by atoms with Crippen LogP contribution in [0.25, 0.3) is 5.69 Å². The maximum absolute atomic E-state index is 13.5. The summed E-state index contributed by atoms with van der Waals surface area (Å²) in [6, 6.07) is 18.8. The molecule has 1 aromatic heterocycles. The summed E-state index contributed by atoms with van der Waals surface area (Å²) >= 11 is 0. The molecule has 2 aromatic carbocycles. The molecule has 0 aliphatic carbocycles. The van der Waals surface area contributed by atoms with Crippen LogP contribution in [-0.4, -0.2) is 73.2 Å². The standard InChI is InChI=1S/C28H33FN4O2/c1-35-26-13-16-32(28(34)25-12-17-33(27(25)26)24-6-3-2-4-7-24)15-5-14-30-18-20-31(21-19-30)23-10-8-22(29)9-11-23/h2-4,6-12,17,26H,5,13-16,18-21H2,1H3. The second kappa shape index (κ2) is 10.6. The van der Waals surface area contributed by atoms with Crippen molar-refractivity contribution in [2.75, 3.05) is 57.8 Å². The number of hydrogen-bond donors (Lipinski definition) is 0. The Morgan fingerprint density at radius 3 is 2.34 bits per heavy atom. The molecule has 3 heterocycles. The molecule has 35 heavy (non-hydrogen) atoms. The van der Waals surface area contributed by atoms with Gasteiger partial charge in [0.1, 0.15) is 5.82 Å². The van der Waals surface area contributed by atoms with Gasteiger partial charge in [-0.3, -0.25) is 9.69 Å². The van der Waals surface area contributed by atoms with E-state index in [1.54, 1.807) is 7.11 Å². The maximum atomic E-state index is 13.5. The molecule has 0 spiro atoms. The third-order valence-corrected chi connectivity index (χ3v) is 7.19. The number of halogens is 1. The number of carbonyl (C=O) groups excluding carboxylic acids is 1. The van der Waals surface area contributed by atoms with Crippen molar-refractivity contribution in [2.24, 2.45) is 0 Å². The average Bonchev–Trinajstić information content (AvgIpc) is 3.29. The lowest BCUT2D eigenvalue weighted by Gasteiger charge is -2.36. The van der Waals surface area contributed by atoms with Gasteiger partial charge in [-0.15, -0.1) is 0 Å². The van der Waals surface area contributed by atoms with Gasteiger partial charge in [0.2, 0.25) is 0 Å². The predicted molar refractivity (Wildman–Crippen MR) is 136 cm³/mol. The number of carbonyl (C=O) groups is 1. The highest BCUT2D eigenvalue weighted by atomic mass is 19.1. The highest BCUT2D eigenvalue weighted by Gasteiger charge is 2.31. The second-order valence-electron chi connectivity index (χ2n) is 9.28. The van der Waals surface area contributed by atoms with E-state index < -0.39 is 0 Å². The summed E-state index contributed by atoms with van der Waals surface area (Å²) in [4.78, 5) is 20.2. The van der Waals surface area contributed by atoms with Crippen LogP contribution in [0, 0.1) is 5.82 Å². The van der Waals surface area contributed by atoms with E-state index in [1.807, 2.05) is 47.5 Å². The van der Waals surface area contributed by atoms with Crippen molar-refractivity contribution < 1.29 is 13.9 Å². The lowest BCUT2D eigenvalue weighted by Crippen LogP contribution is -2.47. The van der Waals surface area contributed by atoms with E-state index >= 15 is 0 Å². The Morgan fingerprint density at radius 2 is 1.63 bits per heavy atom. The molecule has 0 saturated carbocycles. The van der Waals surface area contributed by atoms with Crippen molar-refractivity contribution in [2.45, 2.75) is 18.9 Å². The Morgan fingerprint density at radius 1 is 0.886 bits per heavy atom. The number of anilines is 1. The van der Waals surface area contributed by atoms with E-state index in [4.69, 9.17) is 4.74 Å². The first-order chi connectivity index (χ1) is 17.1. The largest absolute Gasteiger partial charge is 0.375 e. The number of hydrogen-bond acceptors (Lipinski definition) is 4. The van der Waals surface area contributed by atoms with Crippen molar-refractivity contribution in [1.82, 2.24) is 14.4 Å². The first kappa shape index (κ1) is 23.6. The molecule has 2 aliphatic rings. The first-order valence-corrected chi connectivity index (χ1v) is 12.5. The molecule has 0 radical (unpaired) electrons. The number of para-hydroxylation sites is 1. The predicted octanol–water partition coefficient (Wildman–Crippen LogP) is 4.36. The van der Waals surface area contributed by atoms with Gasteiger partial charge in [0, 0.05) is 63.9 Å². The molecule has 1 unspecified atom stereocenters. The third-order valence-electron chi connectivity index (χ3n) is 7.19. The zero-order valence-electron chi connectivity index (χ0n) is 20.3. The van der Waals surface area contributed by atoms with Crippen LogP contribution in [0.1, 0.15) is 35.0 Å². The Kier molecular flexibility index (Phi) is 7.16. The summed E-state index contributed by atoms with van der Waals surface area (Å²) < 4.78 is 21.1. The smallest absolute Gasteiger partial charge is 0.255 e. The number of rotatable bonds is 7.